The van der Waals surface area contributed by atoms with E-state index in [1.165, 1.54) is 17.7 Å². The van der Waals surface area contributed by atoms with E-state index in [4.69, 9.17) is 0 Å². The molecule has 0 aliphatic rings. The summed E-state index contributed by atoms with van der Waals surface area (Å²) in [4.78, 5) is 12.2. The molecular weight excluding hydrogens is 395 g/mol. The van der Waals surface area contributed by atoms with Crippen LogP contribution in [0.4, 0.5) is 18.9 Å². The molecule has 0 aliphatic heterocycles. The number of nitrogens with one attached hydrogen (secondary N) is 3. The molecule has 8 heteroatoms. The number of anilines is 1. The zero-order valence-electron chi connectivity index (χ0n) is 15.9. The Balaban J connectivity index is 1.45. The number of halogens is 3. The van der Waals surface area contributed by atoms with E-state index in [-0.39, 0.29) is 11.7 Å². The second-order valence-corrected chi connectivity index (χ2v) is 6.44. The van der Waals surface area contributed by atoms with Gasteiger partial charge in [-0.3, -0.25) is 15.6 Å². The molecule has 0 atom stereocenters. The lowest BCUT2D eigenvalue weighted by molar-refractivity contribution is -0.274. The molecule has 3 aromatic carbocycles. The Hall–Kier alpha value is -3.52. The molecule has 0 aromatic heterocycles. The number of carbonyl (C=O) groups excluding carboxylic acids is 1. The average Bonchev–Trinajstić information content (AvgIpc) is 2.73. The van der Waals surface area contributed by atoms with Crippen molar-refractivity contribution in [1.29, 1.82) is 0 Å². The molecule has 0 bridgehead atoms. The number of carbonyl (C=O) groups is 1. The number of alkyl halides is 3. The lowest BCUT2D eigenvalue weighted by atomic mass is 10.1. The van der Waals surface area contributed by atoms with E-state index in [1.54, 1.807) is 12.1 Å². The molecular formula is C22H20F3N3O2. The van der Waals surface area contributed by atoms with Crippen LogP contribution in [0.2, 0.25) is 0 Å². The highest BCUT2D eigenvalue weighted by Crippen LogP contribution is 2.23. The molecule has 0 spiro atoms. The van der Waals surface area contributed by atoms with Gasteiger partial charge >= 0.3 is 6.36 Å². The molecule has 0 unspecified atom stereocenters. The van der Waals surface area contributed by atoms with Gasteiger partial charge in [-0.1, -0.05) is 42.5 Å². The molecule has 1 amide bonds. The number of rotatable bonds is 8. The van der Waals surface area contributed by atoms with Crippen molar-refractivity contribution >= 4 is 11.6 Å². The number of ether oxygens (including phenoxy) is 1. The van der Waals surface area contributed by atoms with Gasteiger partial charge in [-0.15, -0.1) is 13.2 Å². The van der Waals surface area contributed by atoms with Crippen LogP contribution >= 0.6 is 0 Å². The van der Waals surface area contributed by atoms with Crippen molar-refractivity contribution in [3.8, 4) is 5.75 Å². The van der Waals surface area contributed by atoms with E-state index in [9.17, 15) is 18.0 Å². The van der Waals surface area contributed by atoms with Crippen LogP contribution in [0.1, 0.15) is 21.5 Å². The molecule has 0 fully saturated rings. The fourth-order valence-electron chi connectivity index (χ4n) is 2.66. The second-order valence-electron chi connectivity index (χ2n) is 6.44. The molecule has 0 saturated heterocycles. The first-order valence-electron chi connectivity index (χ1n) is 9.15. The Morgan fingerprint density at radius 2 is 1.40 bits per heavy atom. The predicted octanol–water partition coefficient (Wildman–Crippen LogP) is 4.63. The SMILES string of the molecule is O=C(NNc1ccc(OC(F)(F)F)cc1)c1ccc(CNCc2ccccc2)cc1. The van der Waals surface area contributed by atoms with Gasteiger partial charge in [0.25, 0.3) is 5.91 Å². The van der Waals surface area contributed by atoms with Crippen LogP contribution in [-0.4, -0.2) is 12.3 Å². The predicted molar refractivity (Wildman–Crippen MR) is 108 cm³/mol. The quantitative estimate of drug-likeness (QED) is 0.470. The highest BCUT2D eigenvalue weighted by molar-refractivity contribution is 5.94. The first kappa shape index (κ1) is 21.2. The third kappa shape index (κ3) is 6.82. The van der Waals surface area contributed by atoms with Crippen molar-refractivity contribution in [3.05, 3.63) is 95.6 Å². The van der Waals surface area contributed by atoms with Gasteiger partial charge < -0.3 is 10.1 Å². The molecule has 0 aliphatic carbocycles. The van der Waals surface area contributed by atoms with Crippen LogP contribution in [0.15, 0.2) is 78.9 Å². The summed E-state index contributed by atoms with van der Waals surface area (Å²) in [7, 11) is 0. The van der Waals surface area contributed by atoms with Crippen LogP contribution in [0, 0.1) is 0 Å². The molecule has 156 valence electrons. The molecule has 3 aromatic rings. The third-order valence-electron chi connectivity index (χ3n) is 4.13. The lowest BCUT2D eigenvalue weighted by Gasteiger charge is -2.11. The maximum Gasteiger partial charge on any atom is 0.573 e. The fraction of sp³-hybridized carbons (Fsp3) is 0.136. The van der Waals surface area contributed by atoms with E-state index in [2.05, 4.69) is 20.9 Å². The monoisotopic (exact) mass is 415 g/mol. The molecule has 3 rings (SSSR count). The van der Waals surface area contributed by atoms with Gasteiger partial charge in [-0.05, 0) is 47.5 Å². The Bertz CT molecular complexity index is 944. The standard InChI is InChI=1S/C22H20F3N3O2/c23-22(24,25)30-20-12-10-19(11-13-20)27-28-21(29)18-8-6-17(7-9-18)15-26-14-16-4-2-1-3-5-16/h1-13,26-27H,14-15H2,(H,28,29). The average molecular weight is 415 g/mol. The smallest absolute Gasteiger partial charge is 0.406 e. The third-order valence-corrected chi connectivity index (χ3v) is 4.13. The van der Waals surface area contributed by atoms with Crippen LogP contribution in [-0.2, 0) is 13.1 Å². The lowest BCUT2D eigenvalue weighted by Crippen LogP contribution is -2.29. The van der Waals surface area contributed by atoms with Gasteiger partial charge in [0.05, 0.1) is 5.69 Å². The zero-order chi connectivity index (χ0) is 21.4. The van der Waals surface area contributed by atoms with Gasteiger partial charge in [0.15, 0.2) is 0 Å². The van der Waals surface area contributed by atoms with Crippen molar-refractivity contribution in [2.24, 2.45) is 0 Å². The molecule has 3 N–H and O–H groups in total. The summed E-state index contributed by atoms with van der Waals surface area (Å²) in [6.07, 6.45) is -4.74. The maximum absolute atomic E-state index is 12.2. The summed E-state index contributed by atoms with van der Waals surface area (Å²) >= 11 is 0. The van der Waals surface area contributed by atoms with Crippen LogP contribution in [0.5, 0.6) is 5.75 Å². The fourth-order valence-corrected chi connectivity index (χ4v) is 2.66. The van der Waals surface area contributed by atoms with E-state index < -0.39 is 6.36 Å². The van der Waals surface area contributed by atoms with Gasteiger partial charge in [-0.25, -0.2) is 0 Å². The topological polar surface area (TPSA) is 62.4 Å². The second kappa shape index (κ2) is 9.80. The minimum Gasteiger partial charge on any atom is -0.406 e. The minimum absolute atomic E-state index is 0.337. The summed E-state index contributed by atoms with van der Waals surface area (Å²) < 4.78 is 40.3. The molecule has 5 nitrogen and oxygen atoms in total. The number of amides is 1. The van der Waals surface area contributed by atoms with E-state index >= 15 is 0 Å². The Labute approximate surface area is 171 Å². The summed E-state index contributed by atoms with van der Waals surface area (Å²) in [5, 5.41) is 3.34. The van der Waals surface area contributed by atoms with Crippen molar-refractivity contribution in [2.45, 2.75) is 19.5 Å². The summed E-state index contributed by atoms with van der Waals surface area (Å²) in [6.45, 7) is 1.42. The first-order valence-corrected chi connectivity index (χ1v) is 9.15. The Morgan fingerprint density at radius 1 is 0.800 bits per heavy atom. The van der Waals surface area contributed by atoms with E-state index in [1.807, 2.05) is 42.5 Å². The maximum atomic E-state index is 12.2. The summed E-state index contributed by atoms with van der Waals surface area (Å²) in [5.74, 6) is -0.703. The number of hydrazine groups is 1. The van der Waals surface area contributed by atoms with Crippen molar-refractivity contribution in [1.82, 2.24) is 10.7 Å². The van der Waals surface area contributed by atoms with Gasteiger partial charge in [0, 0.05) is 18.7 Å². The number of benzene rings is 3. The van der Waals surface area contributed by atoms with Crippen LogP contribution in [0.3, 0.4) is 0 Å². The molecule has 0 saturated carbocycles. The van der Waals surface area contributed by atoms with Gasteiger partial charge in [0.2, 0.25) is 0 Å². The molecule has 0 radical (unpaired) electrons. The molecule has 0 heterocycles. The van der Waals surface area contributed by atoms with Crippen molar-refractivity contribution < 1.29 is 22.7 Å². The van der Waals surface area contributed by atoms with Crippen LogP contribution < -0.4 is 20.9 Å². The van der Waals surface area contributed by atoms with Gasteiger partial charge in [-0.2, -0.15) is 0 Å². The van der Waals surface area contributed by atoms with E-state index in [0.29, 0.717) is 17.8 Å². The minimum atomic E-state index is -4.74. The van der Waals surface area contributed by atoms with Crippen LogP contribution in [0.25, 0.3) is 0 Å². The normalized spacial score (nSPS) is 11.0. The number of hydrogen-bond donors (Lipinski definition) is 3. The zero-order valence-corrected chi connectivity index (χ0v) is 15.9. The molecule has 30 heavy (non-hydrogen) atoms. The summed E-state index contributed by atoms with van der Waals surface area (Å²) in [6, 6.07) is 22.2. The highest BCUT2D eigenvalue weighted by atomic mass is 19.4. The van der Waals surface area contributed by atoms with Gasteiger partial charge in [0.1, 0.15) is 5.75 Å². The first-order chi connectivity index (χ1) is 14.4. The van der Waals surface area contributed by atoms with Crippen molar-refractivity contribution in [2.75, 3.05) is 5.43 Å². The highest BCUT2D eigenvalue weighted by Gasteiger charge is 2.30. The van der Waals surface area contributed by atoms with Crippen molar-refractivity contribution in [3.63, 3.8) is 0 Å². The number of hydrogen-bond acceptors (Lipinski definition) is 4. The van der Waals surface area contributed by atoms with E-state index in [0.717, 1.165) is 24.2 Å². The summed E-state index contributed by atoms with van der Waals surface area (Å²) in [5.41, 5.74) is 8.25. The largest absolute Gasteiger partial charge is 0.573 e. The Morgan fingerprint density at radius 3 is 2.00 bits per heavy atom. The Kier molecular flexibility index (Phi) is 6.92.